The van der Waals surface area contributed by atoms with Crippen LogP contribution in [0, 0.1) is 28.8 Å². The van der Waals surface area contributed by atoms with Gasteiger partial charge in [0.25, 0.3) is 0 Å². The normalized spacial score (nSPS) is 29.6. The first-order chi connectivity index (χ1) is 10.0. The van der Waals surface area contributed by atoms with Gasteiger partial charge < -0.3 is 9.84 Å². The Bertz CT molecular complexity index is 540. The number of rotatable bonds is 3. The second kappa shape index (κ2) is 5.59. The number of halogens is 3. The monoisotopic (exact) mass is 301 g/mol. The predicted molar refractivity (Wildman–Crippen MR) is 70.0 cm³/mol. The molecule has 2 fully saturated rings. The van der Waals surface area contributed by atoms with E-state index < -0.39 is 17.5 Å². The van der Waals surface area contributed by atoms with Gasteiger partial charge in [0.15, 0.2) is 11.6 Å². The Morgan fingerprint density at radius 3 is 2.86 bits per heavy atom. The lowest BCUT2D eigenvalue weighted by atomic mass is 9.76. The topological polar surface area (TPSA) is 32.7 Å². The molecule has 116 valence electrons. The summed E-state index contributed by atoms with van der Waals surface area (Å²) < 4.78 is 45.7. The standard InChI is InChI=1S/C15H18F3NO2/c16-12-3-10(14(18)13(17)4-12)5-19-6-11-1-2-21-9-15(11,7-19)8-20/h3-4,11,20H,1-2,5-9H2/t11-,15+/m0/s1. The molecule has 6 heteroatoms. The first kappa shape index (κ1) is 14.8. The molecule has 0 spiro atoms. The van der Waals surface area contributed by atoms with Gasteiger partial charge in [-0.25, -0.2) is 13.2 Å². The third-order valence-corrected chi connectivity index (χ3v) is 4.66. The van der Waals surface area contributed by atoms with Gasteiger partial charge in [0.2, 0.25) is 0 Å². The zero-order valence-corrected chi connectivity index (χ0v) is 11.6. The van der Waals surface area contributed by atoms with E-state index in [1.807, 2.05) is 4.90 Å². The van der Waals surface area contributed by atoms with Crippen LogP contribution < -0.4 is 0 Å². The largest absolute Gasteiger partial charge is 0.396 e. The van der Waals surface area contributed by atoms with Crippen molar-refractivity contribution in [1.29, 1.82) is 0 Å². The SMILES string of the molecule is OC[C@]12COCC[C@H]1CN(Cc1cc(F)cc(F)c1F)C2. The molecule has 0 unspecified atom stereocenters. The summed E-state index contributed by atoms with van der Waals surface area (Å²) in [6, 6.07) is 1.58. The molecule has 21 heavy (non-hydrogen) atoms. The van der Waals surface area contributed by atoms with Gasteiger partial charge in [-0.05, 0) is 18.4 Å². The Morgan fingerprint density at radius 2 is 2.14 bits per heavy atom. The molecule has 2 heterocycles. The summed E-state index contributed by atoms with van der Waals surface area (Å²) >= 11 is 0. The Labute approximate surface area is 121 Å². The van der Waals surface area contributed by atoms with Crippen LogP contribution in [0.5, 0.6) is 0 Å². The molecular formula is C15H18F3NO2. The number of hydrogen-bond acceptors (Lipinski definition) is 3. The fraction of sp³-hybridized carbons (Fsp3) is 0.600. The van der Waals surface area contributed by atoms with Gasteiger partial charge in [0.05, 0.1) is 13.2 Å². The fourth-order valence-electron chi connectivity index (χ4n) is 3.52. The van der Waals surface area contributed by atoms with Crippen LogP contribution in [0.2, 0.25) is 0 Å². The highest BCUT2D eigenvalue weighted by atomic mass is 19.2. The van der Waals surface area contributed by atoms with Crippen LogP contribution in [0.15, 0.2) is 12.1 Å². The average molecular weight is 301 g/mol. The van der Waals surface area contributed by atoms with Crippen molar-refractivity contribution in [1.82, 2.24) is 4.90 Å². The molecule has 1 N–H and O–H groups in total. The molecule has 3 nitrogen and oxygen atoms in total. The summed E-state index contributed by atoms with van der Waals surface area (Å²) in [6.45, 7) is 2.51. The van der Waals surface area contributed by atoms with E-state index in [4.69, 9.17) is 4.74 Å². The van der Waals surface area contributed by atoms with Crippen LogP contribution in [0.3, 0.4) is 0 Å². The van der Waals surface area contributed by atoms with Crippen LogP contribution in [-0.4, -0.2) is 42.9 Å². The molecular weight excluding hydrogens is 283 g/mol. The van der Waals surface area contributed by atoms with E-state index in [9.17, 15) is 18.3 Å². The van der Waals surface area contributed by atoms with E-state index in [1.54, 1.807) is 0 Å². The van der Waals surface area contributed by atoms with Gasteiger partial charge in [0.1, 0.15) is 5.82 Å². The second-order valence-electron chi connectivity index (χ2n) is 6.09. The van der Waals surface area contributed by atoms with Crippen molar-refractivity contribution >= 4 is 0 Å². The first-order valence-electron chi connectivity index (χ1n) is 7.08. The number of benzene rings is 1. The lowest BCUT2D eigenvalue weighted by molar-refractivity contribution is -0.0561. The lowest BCUT2D eigenvalue weighted by Gasteiger charge is -2.36. The Hall–Kier alpha value is -1.11. The minimum absolute atomic E-state index is 0.00810. The van der Waals surface area contributed by atoms with Gasteiger partial charge in [-0.3, -0.25) is 4.90 Å². The number of hydrogen-bond donors (Lipinski definition) is 1. The third kappa shape index (κ3) is 2.67. The summed E-state index contributed by atoms with van der Waals surface area (Å²) in [5.74, 6) is -2.67. The highest BCUT2D eigenvalue weighted by molar-refractivity contribution is 5.20. The maximum atomic E-state index is 13.7. The maximum absolute atomic E-state index is 13.7. The summed E-state index contributed by atoms with van der Waals surface area (Å²) in [4.78, 5) is 1.94. The fourth-order valence-corrected chi connectivity index (χ4v) is 3.52. The van der Waals surface area contributed by atoms with Gasteiger partial charge in [0, 0.05) is 43.3 Å². The van der Waals surface area contributed by atoms with E-state index in [2.05, 4.69) is 0 Å². The van der Waals surface area contributed by atoms with Crippen molar-refractivity contribution in [2.75, 3.05) is 32.9 Å². The highest BCUT2D eigenvalue weighted by Crippen LogP contribution is 2.41. The van der Waals surface area contributed by atoms with Gasteiger partial charge in [-0.1, -0.05) is 0 Å². The van der Waals surface area contributed by atoms with Crippen molar-refractivity contribution in [2.45, 2.75) is 13.0 Å². The highest BCUT2D eigenvalue weighted by Gasteiger charge is 2.48. The van der Waals surface area contributed by atoms with Crippen molar-refractivity contribution in [3.63, 3.8) is 0 Å². The number of aliphatic hydroxyl groups is 1. The van der Waals surface area contributed by atoms with Crippen molar-refractivity contribution < 1.29 is 23.0 Å². The Kier molecular flexibility index (Phi) is 3.94. The zero-order valence-electron chi connectivity index (χ0n) is 11.6. The minimum Gasteiger partial charge on any atom is -0.396 e. The van der Waals surface area contributed by atoms with Gasteiger partial charge >= 0.3 is 0 Å². The number of aliphatic hydroxyl groups excluding tert-OH is 1. The predicted octanol–water partition coefficient (Wildman–Crippen LogP) is 1.93. The first-order valence-corrected chi connectivity index (χ1v) is 7.08. The molecule has 1 aromatic carbocycles. The molecule has 0 saturated carbocycles. The lowest BCUT2D eigenvalue weighted by Crippen LogP contribution is -2.42. The molecule has 2 aliphatic rings. The molecule has 0 aliphatic carbocycles. The molecule has 2 atom stereocenters. The van der Waals surface area contributed by atoms with E-state index in [-0.39, 0.29) is 30.0 Å². The molecule has 0 aromatic heterocycles. The van der Waals surface area contributed by atoms with Crippen LogP contribution in [0.1, 0.15) is 12.0 Å². The summed E-state index contributed by atoms with van der Waals surface area (Å²) in [7, 11) is 0. The van der Waals surface area contributed by atoms with Gasteiger partial charge in [-0.15, -0.1) is 0 Å². The van der Waals surface area contributed by atoms with Crippen LogP contribution >= 0.6 is 0 Å². The Morgan fingerprint density at radius 1 is 1.33 bits per heavy atom. The van der Waals surface area contributed by atoms with Crippen molar-refractivity contribution in [3.8, 4) is 0 Å². The van der Waals surface area contributed by atoms with Crippen LogP contribution in [0.25, 0.3) is 0 Å². The van der Waals surface area contributed by atoms with Gasteiger partial charge in [-0.2, -0.15) is 0 Å². The molecule has 2 saturated heterocycles. The smallest absolute Gasteiger partial charge is 0.163 e. The summed E-state index contributed by atoms with van der Waals surface area (Å²) in [6.07, 6.45) is 0.844. The number of likely N-dealkylation sites (tertiary alicyclic amines) is 1. The van der Waals surface area contributed by atoms with E-state index in [1.165, 1.54) is 0 Å². The summed E-state index contributed by atoms with van der Waals surface area (Å²) in [5, 5.41) is 9.68. The minimum atomic E-state index is -1.16. The quantitative estimate of drug-likeness (QED) is 0.866. The zero-order chi connectivity index (χ0) is 15.0. The Balaban J connectivity index is 1.78. The van der Waals surface area contributed by atoms with Crippen molar-refractivity contribution in [3.05, 3.63) is 35.1 Å². The van der Waals surface area contributed by atoms with E-state index in [0.717, 1.165) is 12.5 Å². The van der Waals surface area contributed by atoms with E-state index in [0.29, 0.717) is 32.4 Å². The molecule has 1 aromatic rings. The molecule has 3 rings (SSSR count). The maximum Gasteiger partial charge on any atom is 0.163 e. The molecule has 0 radical (unpaired) electrons. The number of fused-ring (bicyclic) bond motifs is 1. The molecule has 0 bridgehead atoms. The number of nitrogens with zero attached hydrogens (tertiary/aromatic N) is 1. The third-order valence-electron chi connectivity index (χ3n) is 4.66. The molecule has 0 amide bonds. The van der Waals surface area contributed by atoms with Crippen LogP contribution in [0.4, 0.5) is 13.2 Å². The number of ether oxygens (including phenoxy) is 1. The summed E-state index contributed by atoms with van der Waals surface area (Å²) in [5.41, 5.74) is -0.319. The second-order valence-corrected chi connectivity index (χ2v) is 6.09. The van der Waals surface area contributed by atoms with Crippen molar-refractivity contribution in [2.24, 2.45) is 11.3 Å². The van der Waals surface area contributed by atoms with Crippen LogP contribution in [-0.2, 0) is 11.3 Å². The van der Waals surface area contributed by atoms with E-state index >= 15 is 0 Å². The molecule has 2 aliphatic heterocycles. The average Bonchev–Trinajstić information content (AvgIpc) is 2.82.